The molecule has 6 atom stereocenters. The summed E-state index contributed by atoms with van der Waals surface area (Å²) >= 11 is 0. The number of fused-ring (bicyclic) bond motifs is 4. The molecule has 0 spiro atoms. The van der Waals surface area contributed by atoms with Crippen molar-refractivity contribution in [2.45, 2.75) is 86.5 Å². The maximum atomic E-state index is 13.6. The largest absolute Gasteiger partial charge is 0.341 e. The highest BCUT2D eigenvalue weighted by Gasteiger charge is 2.64. The Morgan fingerprint density at radius 1 is 0.645 bits per heavy atom. The summed E-state index contributed by atoms with van der Waals surface area (Å²) in [4.78, 5) is 31.5. The third kappa shape index (κ3) is 2.72. The number of amides is 2. The van der Waals surface area contributed by atoms with Crippen molar-refractivity contribution < 1.29 is 9.59 Å². The van der Waals surface area contributed by atoms with Gasteiger partial charge in [0.25, 0.3) is 0 Å². The first kappa shape index (κ1) is 21.8. The van der Waals surface area contributed by atoms with Crippen LogP contribution in [0.5, 0.6) is 0 Å². The van der Waals surface area contributed by atoms with Crippen molar-refractivity contribution in [1.82, 2.24) is 9.80 Å². The minimum absolute atomic E-state index is 0.139. The van der Waals surface area contributed by atoms with Crippen molar-refractivity contribution in [2.24, 2.45) is 45.3 Å². The minimum atomic E-state index is 0.139. The molecular weight excluding hydrogens is 384 g/mol. The number of nitrogens with zero attached hydrogens (tertiary/aromatic N) is 2. The molecule has 0 N–H and O–H groups in total. The van der Waals surface area contributed by atoms with Gasteiger partial charge in [0.15, 0.2) is 0 Å². The van der Waals surface area contributed by atoms with E-state index >= 15 is 0 Å². The standard InChI is InChI=1S/C27H44N2O2/c1-24(2)18-8-10-26(24,5)20(16-18)22(30)28-12-7-13-29(15-14-28)23(31)21-17-19-9-11-27(21,6)25(19,3)4/h18-21H,7-17H2,1-6H3. The molecule has 2 amide bonds. The lowest BCUT2D eigenvalue weighted by atomic mass is 9.66. The second-order valence-corrected chi connectivity index (χ2v) is 13.3. The van der Waals surface area contributed by atoms with Crippen molar-refractivity contribution in [1.29, 1.82) is 0 Å². The summed E-state index contributed by atoms with van der Waals surface area (Å²) in [5.41, 5.74) is 0.816. The van der Waals surface area contributed by atoms with Crippen LogP contribution in [0.4, 0.5) is 0 Å². The Kier molecular flexibility index (Phi) is 4.73. The molecule has 4 heteroatoms. The van der Waals surface area contributed by atoms with E-state index in [-0.39, 0.29) is 33.5 Å². The Morgan fingerprint density at radius 2 is 1.03 bits per heavy atom. The molecule has 1 heterocycles. The lowest BCUT2D eigenvalue weighted by Gasteiger charge is -2.40. The van der Waals surface area contributed by atoms with Gasteiger partial charge in [-0.2, -0.15) is 0 Å². The lowest BCUT2D eigenvalue weighted by Crippen LogP contribution is -2.47. The van der Waals surface area contributed by atoms with Crippen LogP contribution in [0.3, 0.4) is 0 Å². The van der Waals surface area contributed by atoms with E-state index < -0.39 is 0 Å². The molecule has 0 aromatic rings. The van der Waals surface area contributed by atoms with Crippen LogP contribution < -0.4 is 0 Å². The molecule has 1 saturated heterocycles. The van der Waals surface area contributed by atoms with Gasteiger partial charge in [0.05, 0.1) is 0 Å². The zero-order valence-electron chi connectivity index (χ0n) is 20.8. The second kappa shape index (κ2) is 6.73. The van der Waals surface area contributed by atoms with Gasteiger partial charge in [-0.1, -0.05) is 41.5 Å². The Hall–Kier alpha value is -1.06. The first-order chi connectivity index (χ1) is 14.4. The highest BCUT2D eigenvalue weighted by Crippen LogP contribution is 2.69. The summed E-state index contributed by atoms with van der Waals surface area (Å²) in [6.45, 7) is 17.4. The number of hydrogen-bond donors (Lipinski definition) is 0. The maximum absolute atomic E-state index is 13.6. The first-order valence-electron chi connectivity index (χ1n) is 13.0. The molecule has 5 fully saturated rings. The van der Waals surface area contributed by atoms with Gasteiger partial charge < -0.3 is 9.80 Å². The van der Waals surface area contributed by atoms with Crippen molar-refractivity contribution in [3.8, 4) is 0 Å². The average molecular weight is 429 g/mol. The van der Waals surface area contributed by atoms with Crippen LogP contribution in [0.15, 0.2) is 0 Å². The van der Waals surface area contributed by atoms with Crippen molar-refractivity contribution in [3.05, 3.63) is 0 Å². The molecular formula is C27H44N2O2. The third-order valence-corrected chi connectivity index (χ3v) is 12.3. The second-order valence-electron chi connectivity index (χ2n) is 13.3. The monoisotopic (exact) mass is 428 g/mol. The van der Waals surface area contributed by atoms with Crippen LogP contribution in [-0.4, -0.2) is 47.8 Å². The fraction of sp³-hybridized carbons (Fsp3) is 0.926. The van der Waals surface area contributed by atoms with E-state index in [1.807, 2.05) is 0 Å². The van der Waals surface area contributed by atoms with Crippen LogP contribution in [-0.2, 0) is 9.59 Å². The van der Waals surface area contributed by atoms with Crippen LogP contribution >= 0.6 is 0 Å². The molecule has 31 heavy (non-hydrogen) atoms. The van der Waals surface area contributed by atoms with Gasteiger partial charge in [0.1, 0.15) is 0 Å². The van der Waals surface area contributed by atoms with E-state index in [4.69, 9.17) is 0 Å². The fourth-order valence-corrected chi connectivity index (χ4v) is 8.95. The van der Waals surface area contributed by atoms with E-state index in [0.717, 1.165) is 45.4 Å². The molecule has 1 aliphatic heterocycles. The van der Waals surface area contributed by atoms with Gasteiger partial charge in [0.2, 0.25) is 11.8 Å². The van der Waals surface area contributed by atoms with Gasteiger partial charge >= 0.3 is 0 Å². The molecule has 4 nitrogen and oxygen atoms in total. The number of carbonyl (C=O) groups excluding carboxylic acids is 2. The molecule has 0 radical (unpaired) electrons. The summed E-state index contributed by atoms with van der Waals surface area (Å²) in [5, 5.41) is 0. The van der Waals surface area contributed by atoms with E-state index in [2.05, 4.69) is 51.3 Å². The summed E-state index contributed by atoms with van der Waals surface area (Å²) in [7, 11) is 0. The van der Waals surface area contributed by atoms with Crippen molar-refractivity contribution in [3.63, 3.8) is 0 Å². The molecule has 4 saturated carbocycles. The predicted octanol–water partition coefficient (Wildman–Crippen LogP) is 4.97. The Balaban J connectivity index is 1.25. The number of rotatable bonds is 2. The zero-order valence-corrected chi connectivity index (χ0v) is 20.8. The molecule has 4 aliphatic carbocycles. The Labute approximate surface area is 189 Å². The lowest BCUT2D eigenvalue weighted by molar-refractivity contribution is -0.143. The van der Waals surface area contributed by atoms with Gasteiger partial charge in [-0.25, -0.2) is 0 Å². The number of hydrogen-bond acceptors (Lipinski definition) is 2. The Morgan fingerprint density at radius 3 is 1.32 bits per heavy atom. The minimum Gasteiger partial charge on any atom is -0.341 e. The van der Waals surface area contributed by atoms with Crippen molar-refractivity contribution >= 4 is 11.8 Å². The average Bonchev–Trinajstić information content (AvgIpc) is 3.14. The van der Waals surface area contributed by atoms with Gasteiger partial charge in [-0.05, 0) is 78.4 Å². The highest BCUT2D eigenvalue weighted by molar-refractivity contribution is 5.82. The molecule has 174 valence electrons. The van der Waals surface area contributed by atoms with Crippen molar-refractivity contribution in [2.75, 3.05) is 26.2 Å². The molecule has 0 aromatic carbocycles. The molecule has 0 aromatic heterocycles. The van der Waals surface area contributed by atoms with Gasteiger partial charge in [-0.15, -0.1) is 0 Å². The van der Waals surface area contributed by atoms with Gasteiger partial charge in [-0.3, -0.25) is 9.59 Å². The van der Waals surface area contributed by atoms with E-state index in [9.17, 15) is 9.59 Å². The van der Waals surface area contributed by atoms with Crippen LogP contribution in [0.25, 0.3) is 0 Å². The van der Waals surface area contributed by atoms with E-state index in [1.54, 1.807) is 0 Å². The quantitative estimate of drug-likeness (QED) is 0.623. The summed E-state index contributed by atoms with van der Waals surface area (Å²) < 4.78 is 0. The topological polar surface area (TPSA) is 40.6 Å². The predicted molar refractivity (Wildman–Crippen MR) is 123 cm³/mol. The normalized spacial score (nSPS) is 45.2. The zero-order chi connectivity index (χ0) is 22.4. The summed E-state index contributed by atoms with van der Waals surface area (Å²) in [6.07, 6.45) is 8.01. The van der Waals surface area contributed by atoms with E-state index in [0.29, 0.717) is 23.7 Å². The number of carbonyl (C=O) groups is 2. The Bertz CT molecular complexity index is 724. The maximum Gasteiger partial charge on any atom is 0.226 e. The smallest absolute Gasteiger partial charge is 0.226 e. The highest BCUT2D eigenvalue weighted by atomic mass is 16.2. The molecule has 5 rings (SSSR count). The first-order valence-corrected chi connectivity index (χ1v) is 13.0. The summed E-state index contributed by atoms with van der Waals surface area (Å²) in [6, 6.07) is 0. The summed E-state index contributed by atoms with van der Waals surface area (Å²) in [5.74, 6) is 2.49. The molecule has 5 aliphatic rings. The third-order valence-electron chi connectivity index (χ3n) is 12.3. The fourth-order valence-electron chi connectivity index (χ4n) is 8.95. The SMILES string of the molecule is CC1(C)C2CCC1(C)C(C(=O)N1CCCN(C(=O)C3CC4CCC3(C)C4(C)C)CC1)C2. The van der Waals surface area contributed by atoms with Crippen LogP contribution in [0.1, 0.15) is 86.5 Å². The van der Waals surface area contributed by atoms with E-state index in [1.165, 1.54) is 25.7 Å². The van der Waals surface area contributed by atoms with Gasteiger partial charge in [0, 0.05) is 38.0 Å². The molecule has 6 unspecified atom stereocenters. The van der Waals surface area contributed by atoms with Crippen LogP contribution in [0.2, 0.25) is 0 Å². The molecule has 4 bridgehead atoms. The van der Waals surface area contributed by atoms with Crippen LogP contribution in [0, 0.1) is 45.3 Å².